The highest BCUT2D eigenvalue weighted by Gasteiger charge is 2.66. The van der Waals surface area contributed by atoms with Gasteiger partial charge in [-0.25, -0.2) is 0 Å². The van der Waals surface area contributed by atoms with Gasteiger partial charge in [-0.05, 0) is 74.0 Å². The molecule has 0 spiro atoms. The Morgan fingerprint density at radius 3 is 2.63 bits per heavy atom. The van der Waals surface area contributed by atoms with Crippen molar-refractivity contribution >= 4 is 22.9 Å². The molecule has 0 radical (unpaired) electrons. The summed E-state index contributed by atoms with van der Waals surface area (Å²) in [7, 11) is 0. The van der Waals surface area contributed by atoms with Crippen LogP contribution in [0.2, 0.25) is 4.34 Å². The molecule has 19 heavy (non-hydrogen) atoms. The first-order valence-corrected chi connectivity index (χ1v) is 8.95. The lowest BCUT2D eigenvalue weighted by Crippen LogP contribution is -2.35. The zero-order valence-electron chi connectivity index (χ0n) is 11.4. The predicted octanol–water partition coefficient (Wildman–Crippen LogP) is 4.21. The van der Waals surface area contributed by atoms with Gasteiger partial charge in [-0.1, -0.05) is 18.5 Å². The van der Waals surface area contributed by atoms with E-state index in [4.69, 9.17) is 11.6 Å². The quantitative estimate of drug-likeness (QED) is 0.858. The Balaban J connectivity index is 1.47. The predicted molar refractivity (Wildman–Crippen MR) is 81.8 cm³/mol. The van der Waals surface area contributed by atoms with Gasteiger partial charge in [-0.3, -0.25) is 0 Å². The van der Waals surface area contributed by atoms with Crippen LogP contribution in [-0.4, -0.2) is 12.6 Å². The fraction of sp³-hybridized carbons (Fsp3) is 0.750. The zero-order chi connectivity index (χ0) is 13.0. The van der Waals surface area contributed by atoms with E-state index in [1.165, 1.54) is 24.1 Å². The number of nitrogens with one attached hydrogen (secondary N) is 1. The minimum absolute atomic E-state index is 0.693. The van der Waals surface area contributed by atoms with Crippen LogP contribution in [0, 0.1) is 29.6 Å². The van der Waals surface area contributed by atoms with E-state index in [0.29, 0.717) is 6.04 Å². The van der Waals surface area contributed by atoms with E-state index in [0.717, 1.165) is 40.5 Å². The standard InChI is InChI=1S/C16H22ClNS/c1-2-18-12(8-11-5-6-13(17)19-11)16-14-9-3-4-10(7-9)15(14)16/h5-6,9-10,12,14-16,18H,2-4,7-8H2,1H3. The lowest BCUT2D eigenvalue weighted by atomic mass is 9.95. The van der Waals surface area contributed by atoms with Gasteiger partial charge < -0.3 is 5.32 Å². The maximum absolute atomic E-state index is 6.07. The van der Waals surface area contributed by atoms with Gasteiger partial charge in [0.2, 0.25) is 0 Å². The third-order valence-electron chi connectivity index (χ3n) is 5.78. The van der Waals surface area contributed by atoms with Gasteiger partial charge >= 0.3 is 0 Å². The first-order valence-electron chi connectivity index (χ1n) is 7.75. The van der Waals surface area contributed by atoms with Crippen molar-refractivity contribution in [2.24, 2.45) is 29.6 Å². The van der Waals surface area contributed by atoms with Crippen molar-refractivity contribution in [3.05, 3.63) is 21.3 Å². The SMILES string of the molecule is CCNC(Cc1ccc(Cl)s1)C1C2C3CCC(C3)C21. The first kappa shape index (κ1) is 12.7. The number of hydrogen-bond acceptors (Lipinski definition) is 2. The van der Waals surface area contributed by atoms with Crippen molar-refractivity contribution in [1.29, 1.82) is 0 Å². The summed E-state index contributed by atoms with van der Waals surface area (Å²) in [6.45, 7) is 3.33. The third kappa shape index (κ3) is 2.07. The number of fused-ring (bicyclic) bond motifs is 5. The summed E-state index contributed by atoms with van der Waals surface area (Å²) in [4.78, 5) is 1.45. The van der Waals surface area contributed by atoms with Crippen LogP contribution in [0.3, 0.4) is 0 Å². The molecule has 104 valence electrons. The second-order valence-corrected chi connectivity index (χ2v) is 8.44. The molecule has 3 aliphatic carbocycles. The van der Waals surface area contributed by atoms with Crippen molar-refractivity contribution in [2.75, 3.05) is 6.54 Å². The van der Waals surface area contributed by atoms with Gasteiger partial charge in [0.1, 0.15) is 0 Å². The van der Waals surface area contributed by atoms with Crippen LogP contribution >= 0.6 is 22.9 Å². The minimum atomic E-state index is 0.693. The van der Waals surface area contributed by atoms with Crippen LogP contribution < -0.4 is 5.32 Å². The molecule has 0 amide bonds. The summed E-state index contributed by atoms with van der Waals surface area (Å²) >= 11 is 7.82. The van der Waals surface area contributed by atoms with Crippen LogP contribution in [0.4, 0.5) is 0 Å². The monoisotopic (exact) mass is 295 g/mol. The molecular weight excluding hydrogens is 274 g/mol. The largest absolute Gasteiger partial charge is 0.314 e. The van der Waals surface area contributed by atoms with Gasteiger partial charge in [0.25, 0.3) is 0 Å². The Hall–Kier alpha value is -0.0500. The smallest absolute Gasteiger partial charge is 0.0931 e. The van der Waals surface area contributed by atoms with Crippen molar-refractivity contribution in [1.82, 2.24) is 5.32 Å². The van der Waals surface area contributed by atoms with Crippen LogP contribution in [0.5, 0.6) is 0 Å². The highest BCUT2D eigenvalue weighted by molar-refractivity contribution is 7.16. The number of rotatable bonds is 5. The molecule has 0 aromatic carbocycles. The van der Waals surface area contributed by atoms with Crippen LogP contribution in [0.1, 0.15) is 31.1 Å². The molecule has 4 rings (SSSR count). The molecule has 5 unspecified atom stereocenters. The fourth-order valence-electron chi connectivity index (χ4n) is 5.22. The Kier molecular flexibility index (Phi) is 3.17. The topological polar surface area (TPSA) is 12.0 Å². The molecule has 3 fully saturated rings. The summed E-state index contributed by atoms with van der Waals surface area (Å²) in [5.74, 6) is 5.25. The molecule has 0 saturated heterocycles. The lowest BCUT2D eigenvalue weighted by molar-refractivity contribution is 0.367. The van der Waals surface area contributed by atoms with E-state index in [2.05, 4.69) is 18.3 Å². The number of likely N-dealkylation sites (N-methyl/N-ethyl adjacent to an activating group) is 1. The summed E-state index contributed by atoms with van der Waals surface area (Å²) < 4.78 is 0.932. The molecule has 3 saturated carbocycles. The van der Waals surface area contributed by atoms with Gasteiger partial charge in [-0.2, -0.15) is 0 Å². The first-order chi connectivity index (χ1) is 9.28. The van der Waals surface area contributed by atoms with Crippen LogP contribution in [-0.2, 0) is 6.42 Å². The summed E-state index contributed by atoms with van der Waals surface area (Å²) in [5, 5.41) is 3.76. The van der Waals surface area contributed by atoms with E-state index >= 15 is 0 Å². The molecular formula is C16H22ClNS. The van der Waals surface area contributed by atoms with Crippen LogP contribution in [0.15, 0.2) is 12.1 Å². The fourth-order valence-corrected chi connectivity index (χ4v) is 6.36. The van der Waals surface area contributed by atoms with Gasteiger partial charge in [-0.15, -0.1) is 11.3 Å². The second-order valence-electron chi connectivity index (χ2n) is 6.64. The average molecular weight is 296 g/mol. The van der Waals surface area contributed by atoms with Gasteiger partial charge in [0.05, 0.1) is 4.34 Å². The molecule has 1 nitrogen and oxygen atoms in total. The molecule has 1 N–H and O–H groups in total. The maximum atomic E-state index is 6.07. The highest BCUT2D eigenvalue weighted by atomic mass is 35.5. The maximum Gasteiger partial charge on any atom is 0.0931 e. The Morgan fingerprint density at radius 1 is 1.32 bits per heavy atom. The number of halogens is 1. The van der Waals surface area contributed by atoms with Crippen molar-refractivity contribution in [3.8, 4) is 0 Å². The third-order valence-corrected chi connectivity index (χ3v) is 7.03. The Labute approximate surface area is 124 Å². The molecule has 3 heteroatoms. The lowest BCUT2D eigenvalue weighted by Gasteiger charge is -2.21. The summed E-state index contributed by atoms with van der Waals surface area (Å²) in [6.07, 6.45) is 5.77. The molecule has 1 heterocycles. The van der Waals surface area contributed by atoms with E-state index in [-0.39, 0.29) is 0 Å². The Morgan fingerprint density at radius 2 is 2.05 bits per heavy atom. The average Bonchev–Trinajstić information content (AvgIpc) is 2.74. The molecule has 1 aromatic heterocycles. The Bertz CT molecular complexity index is 455. The molecule has 5 atom stereocenters. The highest BCUT2D eigenvalue weighted by Crippen LogP contribution is 2.70. The van der Waals surface area contributed by atoms with Crippen molar-refractivity contribution < 1.29 is 0 Å². The summed E-state index contributed by atoms with van der Waals surface area (Å²) in [6, 6.07) is 4.95. The molecule has 2 bridgehead atoms. The van der Waals surface area contributed by atoms with Crippen molar-refractivity contribution in [3.63, 3.8) is 0 Å². The molecule has 1 aromatic rings. The van der Waals surface area contributed by atoms with Gasteiger partial charge in [0.15, 0.2) is 0 Å². The van der Waals surface area contributed by atoms with E-state index in [9.17, 15) is 0 Å². The minimum Gasteiger partial charge on any atom is -0.314 e. The van der Waals surface area contributed by atoms with E-state index < -0.39 is 0 Å². The van der Waals surface area contributed by atoms with E-state index in [1.807, 2.05) is 6.07 Å². The number of hydrogen-bond donors (Lipinski definition) is 1. The molecule has 3 aliphatic rings. The van der Waals surface area contributed by atoms with Crippen LogP contribution in [0.25, 0.3) is 0 Å². The zero-order valence-corrected chi connectivity index (χ0v) is 13.0. The van der Waals surface area contributed by atoms with Gasteiger partial charge in [0, 0.05) is 10.9 Å². The van der Waals surface area contributed by atoms with Crippen molar-refractivity contribution in [2.45, 2.75) is 38.6 Å². The molecule has 0 aliphatic heterocycles. The normalized spacial score (nSPS) is 40.4. The second kappa shape index (κ2) is 4.75. The number of thiophene rings is 1. The van der Waals surface area contributed by atoms with E-state index in [1.54, 1.807) is 17.8 Å². The summed E-state index contributed by atoms with van der Waals surface area (Å²) in [5.41, 5.74) is 0.